The number of rotatable bonds is 4. The average molecular weight is 225 g/mol. The lowest BCUT2D eigenvalue weighted by atomic mass is 10.3. The number of amides is 1. The molecule has 0 aliphatic heterocycles. The normalized spacial score (nSPS) is 10.5. The third kappa shape index (κ3) is 2.59. The number of likely N-dealkylation sites (N-methyl/N-ethyl adjacent to an activating group) is 1. The Morgan fingerprint density at radius 1 is 1.56 bits per heavy atom. The van der Waals surface area contributed by atoms with Crippen LogP contribution in [0.25, 0.3) is 0 Å². The smallest absolute Gasteiger partial charge is 0.354 e. The topological polar surface area (TPSA) is 75.4 Å². The van der Waals surface area contributed by atoms with E-state index >= 15 is 0 Å². The van der Waals surface area contributed by atoms with Gasteiger partial charge < -0.3 is 10.0 Å². The summed E-state index contributed by atoms with van der Waals surface area (Å²) in [6, 6.07) is 1.45. The number of carbonyl (C=O) groups is 2. The van der Waals surface area contributed by atoms with E-state index in [0.717, 1.165) is 0 Å². The van der Waals surface area contributed by atoms with Crippen molar-refractivity contribution in [1.82, 2.24) is 14.7 Å². The molecule has 0 saturated carbocycles. The zero-order valence-corrected chi connectivity index (χ0v) is 9.54. The van der Waals surface area contributed by atoms with Gasteiger partial charge in [-0.2, -0.15) is 5.10 Å². The molecule has 0 aromatic carbocycles. The standard InChI is InChI=1S/C10H15N3O3/c1-7(2)12(3)9(14)6-13-8(10(15)16)4-5-11-13/h4-5,7H,6H2,1-3H3,(H,15,16). The zero-order valence-electron chi connectivity index (χ0n) is 9.54. The molecule has 1 rings (SSSR count). The van der Waals surface area contributed by atoms with Gasteiger partial charge in [0.05, 0.1) is 0 Å². The van der Waals surface area contributed by atoms with E-state index in [1.165, 1.54) is 16.9 Å². The van der Waals surface area contributed by atoms with E-state index in [4.69, 9.17) is 5.11 Å². The molecule has 6 nitrogen and oxygen atoms in total. The van der Waals surface area contributed by atoms with Crippen LogP contribution in [-0.4, -0.2) is 44.8 Å². The number of carboxylic acids is 1. The molecule has 0 unspecified atom stereocenters. The highest BCUT2D eigenvalue weighted by Gasteiger charge is 2.16. The molecule has 1 amide bonds. The van der Waals surface area contributed by atoms with Gasteiger partial charge in [-0.15, -0.1) is 0 Å². The number of carbonyl (C=O) groups excluding carboxylic acids is 1. The first-order valence-corrected chi connectivity index (χ1v) is 4.94. The van der Waals surface area contributed by atoms with E-state index in [9.17, 15) is 9.59 Å². The minimum atomic E-state index is -1.09. The number of hydrogen-bond acceptors (Lipinski definition) is 3. The average Bonchev–Trinajstić information content (AvgIpc) is 2.64. The van der Waals surface area contributed by atoms with Gasteiger partial charge in [-0.05, 0) is 19.9 Å². The van der Waals surface area contributed by atoms with E-state index < -0.39 is 5.97 Å². The highest BCUT2D eigenvalue weighted by atomic mass is 16.4. The first-order chi connectivity index (χ1) is 7.43. The minimum Gasteiger partial charge on any atom is -0.477 e. The van der Waals surface area contributed by atoms with Gasteiger partial charge in [0.15, 0.2) is 0 Å². The molecule has 1 aromatic rings. The Morgan fingerprint density at radius 3 is 2.69 bits per heavy atom. The fourth-order valence-electron chi connectivity index (χ4n) is 1.17. The Bertz CT molecular complexity index is 398. The Balaban J connectivity index is 2.77. The summed E-state index contributed by atoms with van der Waals surface area (Å²) < 4.78 is 1.18. The van der Waals surface area contributed by atoms with Crippen LogP contribution in [0, 0.1) is 0 Å². The highest BCUT2D eigenvalue weighted by Crippen LogP contribution is 2.02. The Kier molecular flexibility index (Phi) is 3.65. The van der Waals surface area contributed by atoms with Crippen molar-refractivity contribution in [1.29, 1.82) is 0 Å². The lowest BCUT2D eigenvalue weighted by molar-refractivity contribution is -0.132. The van der Waals surface area contributed by atoms with E-state index in [1.54, 1.807) is 11.9 Å². The minimum absolute atomic E-state index is 0.0190. The molecular weight excluding hydrogens is 210 g/mol. The van der Waals surface area contributed by atoms with Crippen LogP contribution >= 0.6 is 0 Å². The monoisotopic (exact) mass is 225 g/mol. The van der Waals surface area contributed by atoms with Gasteiger partial charge in [-0.1, -0.05) is 0 Å². The summed E-state index contributed by atoms with van der Waals surface area (Å²) >= 11 is 0. The van der Waals surface area contributed by atoms with Crippen molar-refractivity contribution in [2.45, 2.75) is 26.4 Å². The van der Waals surface area contributed by atoms with Crippen LogP contribution in [0.4, 0.5) is 0 Å². The fourth-order valence-corrected chi connectivity index (χ4v) is 1.17. The molecule has 0 spiro atoms. The molecule has 0 radical (unpaired) electrons. The molecular formula is C10H15N3O3. The first-order valence-electron chi connectivity index (χ1n) is 4.94. The second kappa shape index (κ2) is 4.78. The van der Waals surface area contributed by atoms with Gasteiger partial charge in [-0.3, -0.25) is 4.79 Å². The maximum Gasteiger partial charge on any atom is 0.354 e. The summed E-state index contributed by atoms with van der Waals surface area (Å²) in [5, 5.41) is 12.6. The van der Waals surface area contributed by atoms with Gasteiger partial charge in [-0.25, -0.2) is 9.48 Å². The molecule has 88 valence electrons. The third-order valence-electron chi connectivity index (χ3n) is 2.39. The van der Waals surface area contributed by atoms with Crippen molar-refractivity contribution in [2.24, 2.45) is 0 Å². The molecule has 0 aliphatic carbocycles. The van der Waals surface area contributed by atoms with E-state index in [1.807, 2.05) is 13.8 Å². The molecule has 0 aliphatic rings. The summed E-state index contributed by atoms with van der Waals surface area (Å²) in [7, 11) is 1.68. The molecule has 1 N–H and O–H groups in total. The van der Waals surface area contributed by atoms with Gasteiger partial charge >= 0.3 is 5.97 Å². The lowest BCUT2D eigenvalue weighted by Crippen LogP contribution is -2.36. The Morgan fingerprint density at radius 2 is 2.19 bits per heavy atom. The fraction of sp³-hybridized carbons (Fsp3) is 0.500. The second-order valence-corrected chi connectivity index (χ2v) is 3.78. The van der Waals surface area contributed by atoms with Crippen LogP contribution in [-0.2, 0) is 11.3 Å². The largest absolute Gasteiger partial charge is 0.477 e. The van der Waals surface area contributed by atoms with Gasteiger partial charge in [0.2, 0.25) is 5.91 Å². The second-order valence-electron chi connectivity index (χ2n) is 3.78. The molecule has 1 aromatic heterocycles. The number of carboxylic acid groups (broad SMARTS) is 1. The summed E-state index contributed by atoms with van der Waals surface area (Å²) in [6.07, 6.45) is 1.37. The summed E-state index contributed by atoms with van der Waals surface area (Å²) in [6.45, 7) is 3.72. The van der Waals surface area contributed by atoms with Crippen molar-refractivity contribution < 1.29 is 14.7 Å². The molecule has 0 atom stereocenters. The van der Waals surface area contributed by atoms with Gasteiger partial charge in [0.1, 0.15) is 12.2 Å². The van der Waals surface area contributed by atoms with Gasteiger partial charge in [0.25, 0.3) is 0 Å². The van der Waals surface area contributed by atoms with Crippen LogP contribution in [0.15, 0.2) is 12.3 Å². The van der Waals surface area contributed by atoms with Crippen molar-refractivity contribution >= 4 is 11.9 Å². The summed E-state index contributed by atoms with van der Waals surface area (Å²) in [5.74, 6) is -1.25. The van der Waals surface area contributed by atoms with Crippen LogP contribution in [0.1, 0.15) is 24.3 Å². The predicted octanol–water partition coefficient (Wildman–Crippen LogP) is 0.448. The predicted molar refractivity (Wildman–Crippen MR) is 57.1 cm³/mol. The molecule has 1 heterocycles. The van der Waals surface area contributed by atoms with Crippen molar-refractivity contribution in [2.75, 3.05) is 7.05 Å². The Hall–Kier alpha value is -1.85. The molecule has 0 bridgehead atoms. The third-order valence-corrected chi connectivity index (χ3v) is 2.39. The van der Waals surface area contributed by atoms with Crippen molar-refractivity contribution in [3.05, 3.63) is 18.0 Å². The number of aromatic carboxylic acids is 1. The molecule has 16 heavy (non-hydrogen) atoms. The van der Waals surface area contributed by atoms with E-state index in [2.05, 4.69) is 5.10 Å². The van der Waals surface area contributed by atoms with Gasteiger partial charge in [0, 0.05) is 19.3 Å². The van der Waals surface area contributed by atoms with E-state index in [-0.39, 0.29) is 24.2 Å². The molecule has 0 fully saturated rings. The van der Waals surface area contributed by atoms with Crippen LogP contribution in [0.3, 0.4) is 0 Å². The zero-order chi connectivity index (χ0) is 12.3. The first kappa shape index (κ1) is 12.2. The number of aromatic nitrogens is 2. The van der Waals surface area contributed by atoms with Crippen LogP contribution < -0.4 is 0 Å². The van der Waals surface area contributed by atoms with Crippen molar-refractivity contribution in [3.63, 3.8) is 0 Å². The molecule has 0 saturated heterocycles. The number of nitrogens with zero attached hydrogens (tertiary/aromatic N) is 3. The maximum atomic E-state index is 11.7. The van der Waals surface area contributed by atoms with Crippen LogP contribution in [0.2, 0.25) is 0 Å². The quantitative estimate of drug-likeness (QED) is 0.807. The van der Waals surface area contributed by atoms with E-state index in [0.29, 0.717) is 0 Å². The SMILES string of the molecule is CC(C)N(C)C(=O)Cn1nccc1C(=O)O. The molecule has 6 heteroatoms. The highest BCUT2D eigenvalue weighted by molar-refractivity contribution is 5.86. The van der Waals surface area contributed by atoms with Crippen molar-refractivity contribution in [3.8, 4) is 0 Å². The summed E-state index contributed by atoms with van der Waals surface area (Å²) in [4.78, 5) is 24.0. The number of hydrogen-bond donors (Lipinski definition) is 1. The maximum absolute atomic E-state index is 11.7. The van der Waals surface area contributed by atoms with Crippen LogP contribution in [0.5, 0.6) is 0 Å². The summed E-state index contributed by atoms with van der Waals surface area (Å²) in [5.41, 5.74) is 0.0190. The lowest BCUT2D eigenvalue weighted by Gasteiger charge is -2.21. The Labute approximate surface area is 93.5 Å².